The van der Waals surface area contributed by atoms with Gasteiger partial charge >= 0.3 is 0 Å². The van der Waals surface area contributed by atoms with E-state index in [-0.39, 0.29) is 11.5 Å². The second kappa shape index (κ2) is 6.51. The fourth-order valence-corrected chi connectivity index (χ4v) is 5.35. The molecule has 1 aliphatic rings. The first-order chi connectivity index (χ1) is 9.45. The molecule has 2 heterocycles. The molecular weight excluding hydrogens is 298 g/mol. The van der Waals surface area contributed by atoms with Gasteiger partial charge in [-0.25, -0.2) is 13.1 Å². The van der Waals surface area contributed by atoms with Crippen LogP contribution in [0.15, 0.2) is 9.31 Å². The van der Waals surface area contributed by atoms with Crippen molar-refractivity contribution in [2.45, 2.75) is 49.9 Å². The van der Waals surface area contributed by atoms with E-state index in [9.17, 15) is 13.5 Å². The Kier molecular flexibility index (Phi) is 5.17. The number of aryl methyl sites for hydroxylation is 2. The van der Waals surface area contributed by atoms with Crippen molar-refractivity contribution >= 4 is 21.8 Å². The topological polar surface area (TPSA) is 79.5 Å². The van der Waals surface area contributed by atoms with Crippen LogP contribution in [0.2, 0.25) is 0 Å². The summed E-state index contributed by atoms with van der Waals surface area (Å²) in [6.07, 6.45) is 3.41. The first-order valence-corrected chi connectivity index (χ1v) is 9.30. The molecule has 114 valence electrons. The average Bonchev–Trinajstić information content (AvgIpc) is 2.72. The zero-order valence-corrected chi connectivity index (χ0v) is 13.4. The van der Waals surface area contributed by atoms with Gasteiger partial charge in [0.1, 0.15) is 16.4 Å². The van der Waals surface area contributed by atoms with E-state index in [1.807, 2.05) is 11.8 Å². The van der Waals surface area contributed by atoms with Crippen molar-refractivity contribution in [3.05, 3.63) is 17.1 Å². The molecule has 2 rings (SSSR count). The van der Waals surface area contributed by atoms with Gasteiger partial charge in [-0.05, 0) is 32.4 Å². The van der Waals surface area contributed by atoms with Crippen molar-refractivity contribution in [2.75, 3.05) is 12.3 Å². The molecule has 0 saturated carbocycles. The smallest absolute Gasteiger partial charge is 0.244 e. The molecule has 1 fully saturated rings. The van der Waals surface area contributed by atoms with E-state index >= 15 is 0 Å². The van der Waals surface area contributed by atoms with Crippen LogP contribution in [0.25, 0.3) is 0 Å². The van der Waals surface area contributed by atoms with Gasteiger partial charge < -0.3 is 9.52 Å². The normalized spacial score (nSPS) is 20.2. The van der Waals surface area contributed by atoms with E-state index in [1.165, 1.54) is 6.42 Å². The Bertz CT molecular complexity index is 559. The molecule has 1 aromatic rings. The van der Waals surface area contributed by atoms with Crippen LogP contribution in [-0.2, 0) is 16.6 Å². The summed E-state index contributed by atoms with van der Waals surface area (Å²) >= 11 is 1.82. The third-order valence-electron chi connectivity index (χ3n) is 3.53. The second-order valence-corrected chi connectivity index (χ2v) is 8.13. The van der Waals surface area contributed by atoms with E-state index in [4.69, 9.17) is 4.42 Å². The molecule has 1 unspecified atom stereocenters. The highest BCUT2D eigenvalue weighted by molar-refractivity contribution is 8.00. The van der Waals surface area contributed by atoms with Crippen LogP contribution >= 0.6 is 11.8 Å². The number of sulfonamides is 1. The number of aliphatic hydroxyl groups is 1. The van der Waals surface area contributed by atoms with Crippen molar-refractivity contribution in [3.8, 4) is 0 Å². The average molecular weight is 319 g/mol. The highest BCUT2D eigenvalue weighted by atomic mass is 32.2. The van der Waals surface area contributed by atoms with Gasteiger partial charge in [0.2, 0.25) is 10.0 Å². The van der Waals surface area contributed by atoms with Gasteiger partial charge in [-0.1, -0.05) is 6.42 Å². The maximum atomic E-state index is 12.4. The maximum Gasteiger partial charge on any atom is 0.244 e. The van der Waals surface area contributed by atoms with Crippen molar-refractivity contribution in [2.24, 2.45) is 0 Å². The number of nitrogens with one attached hydrogen (secondary N) is 1. The summed E-state index contributed by atoms with van der Waals surface area (Å²) in [4.78, 5) is 0.0957. The van der Waals surface area contributed by atoms with Gasteiger partial charge in [0, 0.05) is 17.4 Å². The minimum Gasteiger partial charge on any atom is -0.465 e. The Balaban J connectivity index is 2.13. The predicted octanol–water partition coefficient (Wildman–Crippen LogP) is 1.95. The maximum absolute atomic E-state index is 12.4. The van der Waals surface area contributed by atoms with Crippen molar-refractivity contribution < 1.29 is 17.9 Å². The van der Waals surface area contributed by atoms with E-state index < -0.39 is 10.0 Å². The predicted molar refractivity (Wildman–Crippen MR) is 79.4 cm³/mol. The summed E-state index contributed by atoms with van der Waals surface area (Å²) in [5.41, 5.74) is 0.353. The Labute approximate surface area is 124 Å². The standard InChI is InChI=1S/C13H21NO4S2/c1-9-12(8-15)13(10(2)18-9)20(16,17)14-7-11-5-3-4-6-19-11/h11,14-15H,3-8H2,1-2H3. The van der Waals surface area contributed by atoms with Gasteiger partial charge in [0.15, 0.2) is 0 Å². The van der Waals surface area contributed by atoms with Gasteiger partial charge in [0.25, 0.3) is 0 Å². The lowest BCUT2D eigenvalue weighted by Crippen LogP contribution is -2.32. The summed E-state index contributed by atoms with van der Waals surface area (Å²) in [5, 5.41) is 9.67. The van der Waals surface area contributed by atoms with Crippen LogP contribution in [0.1, 0.15) is 36.3 Å². The Morgan fingerprint density at radius 1 is 1.35 bits per heavy atom. The third kappa shape index (κ3) is 3.39. The molecule has 20 heavy (non-hydrogen) atoms. The van der Waals surface area contributed by atoms with E-state index in [2.05, 4.69) is 4.72 Å². The van der Waals surface area contributed by atoms with Crippen LogP contribution in [0.5, 0.6) is 0 Å². The number of rotatable bonds is 5. The molecule has 1 atom stereocenters. The summed E-state index contributed by atoms with van der Waals surface area (Å²) < 4.78 is 32.8. The Morgan fingerprint density at radius 3 is 2.70 bits per heavy atom. The molecule has 0 spiro atoms. The summed E-state index contributed by atoms with van der Waals surface area (Å²) in [5.74, 6) is 1.88. The molecule has 7 heteroatoms. The molecule has 5 nitrogen and oxygen atoms in total. The van der Waals surface area contributed by atoms with Crippen LogP contribution < -0.4 is 4.72 Å². The first-order valence-electron chi connectivity index (χ1n) is 6.76. The largest absolute Gasteiger partial charge is 0.465 e. The minimum atomic E-state index is -3.63. The molecule has 1 aliphatic heterocycles. The number of aliphatic hydroxyl groups excluding tert-OH is 1. The van der Waals surface area contributed by atoms with Crippen LogP contribution in [0, 0.1) is 13.8 Å². The minimum absolute atomic E-state index is 0.0957. The third-order valence-corrected chi connectivity index (χ3v) is 6.54. The fourth-order valence-electron chi connectivity index (χ4n) is 2.49. The lowest BCUT2D eigenvalue weighted by molar-refractivity contribution is 0.276. The highest BCUT2D eigenvalue weighted by Crippen LogP contribution is 2.28. The highest BCUT2D eigenvalue weighted by Gasteiger charge is 2.27. The Morgan fingerprint density at radius 2 is 2.10 bits per heavy atom. The van der Waals surface area contributed by atoms with Gasteiger partial charge in [-0.2, -0.15) is 11.8 Å². The first kappa shape index (κ1) is 15.9. The van der Waals surface area contributed by atoms with E-state index in [0.717, 1.165) is 18.6 Å². The van der Waals surface area contributed by atoms with Gasteiger partial charge in [0.05, 0.1) is 6.61 Å². The summed E-state index contributed by atoms with van der Waals surface area (Å²) in [6, 6.07) is 0. The molecule has 1 aromatic heterocycles. The quantitative estimate of drug-likeness (QED) is 0.867. The molecule has 1 saturated heterocycles. The van der Waals surface area contributed by atoms with E-state index in [0.29, 0.717) is 28.9 Å². The lowest BCUT2D eigenvalue weighted by atomic mass is 10.2. The van der Waals surface area contributed by atoms with Crippen molar-refractivity contribution in [1.82, 2.24) is 4.72 Å². The number of hydrogen-bond acceptors (Lipinski definition) is 5. The molecule has 0 amide bonds. The van der Waals surface area contributed by atoms with Crippen molar-refractivity contribution in [1.29, 1.82) is 0 Å². The fraction of sp³-hybridized carbons (Fsp3) is 0.692. The zero-order chi connectivity index (χ0) is 14.8. The molecule has 2 N–H and O–H groups in total. The summed E-state index contributed by atoms with van der Waals surface area (Å²) in [6.45, 7) is 3.36. The number of furan rings is 1. The Hall–Kier alpha value is -0.500. The van der Waals surface area contributed by atoms with Gasteiger partial charge in [-0.3, -0.25) is 0 Å². The molecule has 0 aliphatic carbocycles. The lowest BCUT2D eigenvalue weighted by Gasteiger charge is -2.21. The van der Waals surface area contributed by atoms with E-state index in [1.54, 1.807) is 13.8 Å². The van der Waals surface area contributed by atoms with Crippen LogP contribution in [0.4, 0.5) is 0 Å². The molecule has 0 aromatic carbocycles. The van der Waals surface area contributed by atoms with Crippen LogP contribution in [0.3, 0.4) is 0 Å². The monoisotopic (exact) mass is 319 g/mol. The SMILES string of the molecule is Cc1oc(C)c(S(=O)(=O)NCC2CCCCS2)c1CO. The molecule has 0 bridgehead atoms. The molecule has 0 radical (unpaired) electrons. The van der Waals surface area contributed by atoms with Crippen molar-refractivity contribution in [3.63, 3.8) is 0 Å². The van der Waals surface area contributed by atoms with Gasteiger partial charge in [-0.15, -0.1) is 0 Å². The molecular formula is C13H21NO4S2. The summed E-state index contributed by atoms with van der Waals surface area (Å²) in [7, 11) is -3.63. The number of thioether (sulfide) groups is 1. The second-order valence-electron chi connectivity index (χ2n) is 5.02. The zero-order valence-electron chi connectivity index (χ0n) is 11.8. The van der Waals surface area contributed by atoms with Crippen LogP contribution in [-0.4, -0.2) is 31.1 Å². The number of hydrogen-bond donors (Lipinski definition) is 2.